The maximum Gasteiger partial charge on any atom is 0.339 e. The molecule has 0 aliphatic heterocycles. The third kappa shape index (κ3) is 4.24. The Labute approximate surface area is 115 Å². The van der Waals surface area contributed by atoms with Crippen LogP contribution in [-0.4, -0.2) is 35.7 Å². The minimum atomic E-state index is -1.23. The van der Waals surface area contributed by atoms with E-state index < -0.39 is 24.0 Å². The lowest BCUT2D eigenvalue weighted by atomic mass is 10.1. The smallest absolute Gasteiger partial charge is 0.339 e. The Morgan fingerprint density at radius 2 is 1.85 bits per heavy atom. The predicted octanol–water partition coefficient (Wildman–Crippen LogP) is 1.47. The number of carboxylic acid groups (broad SMARTS) is 1. The van der Waals surface area contributed by atoms with Crippen molar-refractivity contribution in [2.24, 2.45) is 0 Å². The first-order valence-electron chi connectivity index (χ1n) is 5.61. The van der Waals surface area contributed by atoms with Gasteiger partial charge in [-0.15, -0.1) is 0 Å². The number of hydrogen-bond donors (Lipinski definition) is 1. The molecule has 1 unspecified atom stereocenters. The predicted molar refractivity (Wildman–Crippen MR) is 69.1 cm³/mol. The van der Waals surface area contributed by atoms with Gasteiger partial charge in [0.05, 0.1) is 11.1 Å². The fourth-order valence-electron chi connectivity index (χ4n) is 1.34. The van der Waals surface area contributed by atoms with Gasteiger partial charge in [-0.3, -0.25) is 0 Å². The highest BCUT2D eigenvalue weighted by Gasteiger charge is 2.18. The number of benzene rings is 1. The average Bonchev–Trinajstić information content (AvgIpc) is 2.44. The average molecular weight is 277 g/mol. The van der Waals surface area contributed by atoms with Crippen molar-refractivity contribution in [3.8, 4) is 0 Å². The lowest BCUT2D eigenvalue weighted by Gasteiger charge is -2.12. The van der Waals surface area contributed by atoms with Crippen molar-refractivity contribution in [3.63, 3.8) is 0 Å². The van der Waals surface area contributed by atoms with Crippen LogP contribution < -0.4 is 0 Å². The summed E-state index contributed by atoms with van der Waals surface area (Å²) in [5.41, 5.74) is -0.247. The molecule has 0 aliphatic rings. The Morgan fingerprint density at radius 1 is 1.25 bits per heavy atom. The fraction of sp³-hybridized carbons (Fsp3) is 0.143. The van der Waals surface area contributed by atoms with Crippen LogP contribution in [0.15, 0.2) is 36.9 Å². The van der Waals surface area contributed by atoms with Gasteiger partial charge in [0.1, 0.15) is 12.7 Å². The molecule has 20 heavy (non-hydrogen) atoms. The number of esters is 2. The molecule has 105 valence electrons. The van der Waals surface area contributed by atoms with Gasteiger partial charge < -0.3 is 14.6 Å². The molecule has 1 radical (unpaired) electrons. The first-order valence-corrected chi connectivity index (χ1v) is 5.61. The molecule has 0 heterocycles. The van der Waals surface area contributed by atoms with Crippen LogP contribution in [0.4, 0.5) is 0 Å². The van der Waals surface area contributed by atoms with E-state index in [0.29, 0.717) is 0 Å². The largest absolute Gasteiger partial charge is 0.478 e. The molecule has 0 spiro atoms. The van der Waals surface area contributed by atoms with Crippen LogP contribution in [0.3, 0.4) is 0 Å². The summed E-state index contributed by atoms with van der Waals surface area (Å²) >= 11 is 0. The Morgan fingerprint density at radius 3 is 2.40 bits per heavy atom. The SMILES string of the molecule is [CH2]C(COC(=O)c1ccccc1C(=O)O)OC(=O)C=C. The van der Waals surface area contributed by atoms with Crippen molar-refractivity contribution in [1.29, 1.82) is 0 Å². The highest BCUT2D eigenvalue weighted by atomic mass is 16.6. The number of carbonyl (C=O) groups is 3. The second-order valence-corrected chi connectivity index (χ2v) is 3.71. The van der Waals surface area contributed by atoms with Gasteiger partial charge in [-0.2, -0.15) is 0 Å². The lowest BCUT2D eigenvalue weighted by Crippen LogP contribution is -2.22. The van der Waals surface area contributed by atoms with Gasteiger partial charge in [0, 0.05) is 6.08 Å². The van der Waals surface area contributed by atoms with Crippen molar-refractivity contribution in [2.75, 3.05) is 6.61 Å². The van der Waals surface area contributed by atoms with Crippen LogP contribution in [0.2, 0.25) is 0 Å². The van der Waals surface area contributed by atoms with Gasteiger partial charge in [-0.1, -0.05) is 18.7 Å². The Hall–Kier alpha value is -2.63. The first-order chi connectivity index (χ1) is 9.45. The summed E-state index contributed by atoms with van der Waals surface area (Å²) in [6.45, 7) is 6.39. The summed E-state index contributed by atoms with van der Waals surface area (Å²) in [5.74, 6) is -2.75. The highest BCUT2D eigenvalue weighted by Crippen LogP contribution is 2.10. The molecular weight excluding hydrogens is 264 g/mol. The Bertz CT molecular complexity index is 534. The van der Waals surface area contributed by atoms with Gasteiger partial charge in [-0.25, -0.2) is 14.4 Å². The van der Waals surface area contributed by atoms with Gasteiger partial charge >= 0.3 is 17.9 Å². The number of hydrogen-bond acceptors (Lipinski definition) is 5. The molecular formula is C14H13O6. The molecule has 1 rings (SSSR count). The molecule has 0 saturated heterocycles. The van der Waals surface area contributed by atoms with E-state index in [-0.39, 0.29) is 17.7 Å². The normalized spacial score (nSPS) is 11.2. The van der Waals surface area contributed by atoms with Crippen molar-refractivity contribution >= 4 is 17.9 Å². The topological polar surface area (TPSA) is 89.9 Å². The number of carbonyl (C=O) groups excluding carboxylic acids is 2. The Kier molecular flexibility index (Phi) is 5.46. The molecule has 1 N–H and O–H groups in total. The molecule has 0 aliphatic carbocycles. The molecule has 1 aromatic carbocycles. The molecule has 0 bridgehead atoms. The first kappa shape index (κ1) is 15.4. The maximum atomic E-state index is 11.8. The minimum absolute atomic E-state index is 0.0813. The third-order valence-electron chi connectivity index (χ3n) is 2.23. The van der Waals surface area contributed by atoms with E-state index in [9.17, 15) is 14.4 Å². The van der Waals surface area contributed by atoms with E-state index >= 15 is 0 Å². The van der Waals surface area contributed by atoms with E-state index in [4.69, 9.17) is 14.6 Å². The van der Waals surface area contributed by atoms with Crippen LogP contribution >= 0.6 is 0 Å². The third-order valence-corrected chi connectivity index (χ3v) is 2.23. The fourth-order valence-corrected chi connectivity index (χ4v) is 1.34. The summed E-state index contributed by atoms with van der Waals surface area (Å²) in [5, 5.41) is 8.94. The molecule has 6 nitrogen and oxygen atoms in total. The van der Waals surface area contributed by atoms with Gasteiger partial charge in [-0.05, 0) is 19.1 Å². The zero-order chi connectivity index (χ0) is 15.1. The van der Waals surface area contributed by atoms with E-state index in [1.54, 1.807) is 0 Å². The minimum Gasteiger partial charge on any atom is -0.478 e. The van der Waals surface area contributed by atoms with Gasteiger partial charge in [0.2, 0.25) is 0 Å². The van der Waals surface area contributed by atoms with Crippen LogP contribution in [0, 0.1) is 6.92 Å². The molecule has 0 aromatic heterocycles. The quantitative estimate of drug-likeness (QED) is 0.625. The zero-order valence-electron chi connectivity index (χ0n) is 10.6. The molecule has 0 amide bonds. The molecule has 1 atom stereocenters. The standard InChI is InChI=1S/C14H13O6/c1-3-12(15)20-9(2)8-19-14(18)11-7-5-4-6-10(11)13(16)17/h3-7,9H,1-2,8H2,(H,16,17). The molecule has 0 fully saturated rings. The maximum absolute atomic E-state index is 11.8. The van der Waals surface area contributed by atoms with Crippen LogP contribution in [0.5, 0.6) is 0 Å². The second kappa shape index (κ2) is 7.08. The van der Waals surface area contributed by atoms with Crippen LogP contribution in [0.1, 0.15) is 20.7 Å². The number of rotatable bonds is 6. The number of ether oxygens (including phenoxy) is 2. The molecule has 6 heteroatoms. The molecule has 1 aromatic rings. The van der Waals surface area contributed by atoms with Crippen LogP contribution in [-0.2, 0) is 14.3 Å². The van der Waals surface area contributed by atoms with Crippen molar-refractivity contribution in [1.82, 2.24) is 0 Å². The number of aromatic carboxylic acids is 1. The van der Waals surface area contributed by atoms with Crippen LogP contribution in [0.25, 0.3) is 0 Å². The Balaban J connectivity index is 2.66. The summed E-state index contributed by atoms with van der Waals surface area (Å²) < 4.78 is 9.55. The van der Waals surface area contributed by atoms with Crippen molar-refractivity contribution in [2.45, 2.75) is 6.10 Å². The monoisotopic (exact) mass is 277 g/mol. The zero-order valence-corrected chi connectivity index (χ0v) is 10.6. The van der Waals surface area contributed by atoms with Gasteiger partial charge in [0.15, 0.2) is 0 Å². The summed E-state index contributed by atoms with van der Waals surface area (Å²) in [4.78, 5) is 33.6. The molecule has 0 saturated carbocycles. The summed E-state index contributed by atoms with van der Waals surface area (Å²) in [7, 11) is 0. The summed E-state index contributed by atoms with van der Waals surface area (Å²) in [6, 6.07) is 5.64. The highest BCUT2D eigenvalue weighted by molar-refractivity contribution is 6.02. The van der Waals surface area contributed by atoms with Crippen molar-refractivity contribution < 1.29 is 29.0 Å². The summed E-state index contributed by atoms with van der Waals surface area (Å²) in [6.07, 6.45) is 0.0566. The second-order valence-electron chi connectivity index (χ2n) is 3.71. The van der Waals surface area contributed by atoms with E-state index in [0.717, 1.165) is 6.08 Å². The van der Waals surface area contributed by atoms with E-state index in [1.807, 2.05) is 0 Å². The van der Waals surface area contributed by atoms with Gasteiger partial charge in [0.25, 0.3) is 0 Å². The van der Waals surface area contributed by atoms with Crippen molar-refractivity contribution in [3.05, 3.63) is 55.0 Å². The van der Waals surface area contributed by atoms with E-state index in [1.165, 1.54) is 24.3 Å². The number of carboxylic acids is 1. The van der Waals surface area contributed by atoms with E-state index in [2.05, 4.69) is 13.5 Å². The lowest BCUT2D eigenvalue weighted by molar-refractivity contribution is -0.142.